The molecule has 2 fully saturated rings. The third-order valence-electron chi connectivity index (χ3n) is 5.89. The van der Waals surface area contributed by atoms with Gasteiger partial charge >= 0.3 is 0 Å². The Morgan fingerprint density at radius 2 is 2.14 bits per heavy atom. The zero-order valence-electron chi connectivity index (χ0n) is 15.2. The molecule has 1 aliphatic heterocycles. The fraction of sp³-hybridized carbons (Fsp3) is 0.350. The minimum Gasteiger partial charge on any atom is -0.293 e. The van der Waals surface area contributed by atoms with Crippen molar-refractivity contribution in [3.8, 4) is 17.3 Å². The van der Waals surface area contributed by atoms with Crippen molar-refractivity contribution < 1.29 is 9.18 Å². The van der Waals surface area contributed by atoms with E-state index in [0.29, 0.717) is 29.1 Å². The smallest absolute Gasteiger partial charge is 0.249 e. The number of anilines is 1. The lowest BCUT2D eigenvalue weighted by atomic mass is 9.75. The van der Waals surface area contributed by atoms with E-state index in [4.69, 9.17) is 4.98 Å². The predicted molar refractivity (Wildman–Crippen MR) is 98.5 cm³/mol. The third kappa shape index (κ3) is 2.26. The average molecular weight is 376 g/mol. The van der Waals surface area contributed by atoms with Crippen molar-refractivity contribution in [1.82, 2.24) is 19.6 Å². The van der Waals surface area contributed by atoms with Gasteiger partial charge in [0.1, 0.15) is 10.9 Å². The second-order valence-corrected chi connectivity index (χ2v) is 7.55. The summed E-state index contributed by atoms with van der Waals surface area (Å²) >= 11 is 0. The van der Waals surface area contributed by atoms with Gasteiger partial charge in [-0.05, 0) is 37.0 Å². The number of carbonyl (C=O) groups excluding carboxylic acids is 1. The molecule has 1 saturated heterocycles. The van der Waals surface area contributed by atoms with Crippen molar-refractivity contribution >= 4 is 17.2 Å². The maximum atomic E-state index is 13.4. The molecule has 8 heteroatoms. The molecule has 28 heavy (non-hydrogen) atoms. The van der Waals surface area contributed by atoms with Crippen LogP contribution < -0.4 is 4.90 Å². The molecule has 3 aromatic rings. The van der Waals surface area contributed by atoms with Crippen LogP contribution in [0.15, 0.2) is 36.8 Å². The molecule has 0 radical (unpaired) electrons. The first-order valence-corrected chi connectivity index (χ1v) is 9.24. The maximum Gasteiger partial charge on any atom is 0.249 e. The van der Waals surface area contributed by atoms with E-state index in [1.54, 1.807) is 33.9 Å². The Morgan fingerprint density at radius 1 is 1.32 bits per heavy atom. The van der Waals surface area contributed by atoms with Gasteiger partial charge < -0.3 is 0 Å². The normalized spacial score (nSPS) is 24.7. The molecule has 2 atom stereocenters. The Bertz CT molecular complexity index is 1130. The van der Waals surface area contributed by atoms with Crippen LogP contribution in [0.25, 0.3) is 16.8 Å². The molecule has 4 heterocycles. The van der Waals surface area contributed by atoms with Crippen molar-refractivity contribution in [3.05, 3.63) is 42.7 Å². The topological polar surface area (TPSA) is 87.2 Å². The number of nitrogens with zero attached hydrogens (tertiary/aromatic N) is 6. The maximum absolute atomic E-state index is 13.4. The average Bonchev–Trinajstić information content (AvgIpc) is 3.37. The number of fused-ring (bicyclic) bond motifs is 1. The third-order valence-corrected chi connectivity index (χ3v) is 5.89. The molecule has 140 valence electrons. The first kappa shape index (κ1) is 16.8. The zero-order valence-corrected chi connectivity index (χ0v) is 15.2. The van der Waals surface area contributed by atoms with Gasteiger partial charge in [0.15, 0.2) is 5.82 Å². The summed E-state index contributed by atoms with van der Waals surface area (Å²) in [7, 11) is 0. The van der Waals surface area contributed by atoms with Gasteiger partial charge in [0.25, 0.3) is 0 Å². The van der Waals surface area contributed by atoms with Crippen LogP contribution >= 0.6 is 0 Å². The number of carbonyl (C=O) groups is 1. The Labute approximate surface area is 160 Å². The standard InChI is InChI=1S/C20H17FN6O/c1-12-9-26(19(28)20(12,11-22)14-3-4-14)18-16-6-7-24-27(16)10-15(25-18)13-2-5-17(21)23-8-13/h2,5-8,10,12,14H,3-4,9H2,1H3/t12-,20+/m1/s1. The fourth-order valence-corrected chi connectivity index (χ4v) is 4.26. The lowest BCUT2D eigenvalue weighted by molar-refractivity contribution is -0.124. The number of aromatic nitrogens is 4. The van der Waals surface area contributed by atoms with Crippen LogP contribution in [0.2, 0.25) is 0 Å². The summed E-state index contributed by atoms with van der Waals surface area (Å²) in [5.74, 6) is -0.256. The van der Waals surface area contributed by atoms with E-state index in [9.17, 15) is 14.4 Å². The summed E-state index contributed by atoms with van der Waals surface area (Å²) in [6.07, 6.45) is 6.57. The van der Waals surface area contributed by atoms with Crippen molar-refractivity contribution in [2.45, 2.75) is 19.8 Å². The van der Waals surface area contributed by atoms with Crippen molar-refractivity contribution in [2.75, 3.05) is 11.4 Å². The van der Waals surface area contributed by atoms with Gasteiger partial charge in [-0.1, -0.05) is 6.92 Å². The number of amides is 1. The number of hydrogen-bond acceptors (Lipinski definition) is 5. The van der Waals surface area contributed by atoms with Gasteiger partial charge in [-0.15, -0.1) is 0 Å². The van der Waals surface area contributed by atoms with Crippen molar-refractivity contribution in [2.24, 2.45) is 17.3 Å². The first-order chi connectivity index (χ1) is 13.5. The van der Waals surface area contributed by atoms with E-state index in [1.807, 2.05) is 6.92 Å². The van der Waals surface area contributed by atoms with Crippen LogP contribution in [-0.2, 0) is 4.79 Å². The van der Waals surface area contributed by atoms with Crippen LogP contribution in [0.3, 0.4) is 0 Å². The van der Waals surface area contributed by atoms with Crippen LogP contribution in [0.4, 0.5) is 10.2 Å². The molecule has 0 spiro atoms. The SMILES string of the molecule is C[C@@H]1CN(c2nc(-c3ccc(F)nc3)cn3nccc23)C(=O)[C@]1(C#N)C1CC1. The summed E-state index contributed by atoms with van der Waals surface area (Å²) in [4.78, 5) is 23.4. The highest BCUT2D eigenvalue weighted by molar-refractivity contribution is 6.04. The predicted octanol–water partition coefficient (Wildman–Crippen LogP) is 2.83. The molecular formula is C20H17FN6O. The Morgan fingerprint density at radius 3 is 2.82 bits per heavy atom. The zero-order chi connectivity index (χ0) is 19.5. The number of halogens is 1. The van der Waals surface area contributed by atoms with E-state index in [2.05, 4.69) is 16.2 Å². The minimum atomic E-state index is -0.980. The van der Waals surface area contributed by atoms with Crippen LogP contribution in [0.5, 0.6) is 0 Å². The summed E-state index contributed by atoms with van der Waals surface area (Å²) in [6.45, 7) is 2.39. The van der Waals surface area contributed by atoms with E-state index < -0.39 is 11.4 Å². The fourth-order valence-electron chi connectivity index (χ4n) is 4.26. The van der Waals surface area contributed by atoms with E-state index in [1.165, 1.54) is 12.3 Å². The van der Waals surface area contributed by atoms with Crippen molar-refractivity contribution in [1.29, 1.82) is 5.26 Å². The van der Waals surface area contributed by atoms with Gasteiger partial charge in [-0.2, -0.15) is 14.8 Å². The van der Waals surface area contributed by atoms with Gasteiger partial charge in [0.05, 0.1) is 24.2 Å². The number of nitriles is 1. The molecule has 1 saturated carbocycles. The molecule has 5 rings (SSSR count). The number of hydrogen-bond donors (Lipinski definition) is 0. The highest BCUT2D eigenvalue weighted by atomic mass is 19.1. The molecule has 0 bridgehead atoms. The highest BCUT2D eigenvalue weighted by Gasteiger charge is 2.61. The Hall–Kier alpha value is -3.34. The van der Waals surface area contributed by atoms with Gasteiger partial charge in [0.2, 0.25) is 11.9 Å². The highest BCUT2D eigenvalue weighted by Crippen LogP contribution is 2.54. The summed E-state index contributed by atoms with van der Waals surface area (Å²) in [6, 6.07) is 6.98. The van der Waals surface area contributed by atoms with E-state index in [-0.39, 0.29) is 17.7 Å². The van der Waals surface area contributed by atoms with Crippen LogP contribution in [-0.4, -0.2) is 32.0 Å². The monoisotopic (exact) mass is 376 g/mol. The molecule has 2 aliphatic rings. The number of pyridine rings is 1. The van der Waals surface area contributed by atoms with Gasteiger partial charge in [0, 0.05) is 24.2 Å². The lowest BCUT2D eigenvalue weighted by Crippen LogP contribution is -2.37. The van der Waals surface area contributed by atoms with Crippen LogP contribution in [0, 0.1) is 34.5 Å². The molecular weight excluding hydrogens is 359 g/mol. The largest absolute Gasteiger partial charge is 0.293 e. The summed E-state index contributed by atoms with van der Waals surface area (Å²) in [5, 5.41) is 14.2. The molecule has 1 amide bonds. The molecule has 7 nitrogen and oxygen atoms in total. The van der Waals surface area contributed by atoms with Gasteiger partial charge in [-0.25, -0.2) is 14.5 Å². The van der Waals surface area contributed by atoms with E-state index in [0.717, 1.165) is 12.8 Å². The number of rotatable bonds is 3. The van der Waals surface area contributed by atoms with Crippen LogP contribution in [0.1, 0.15) is 19.8 Å². The Balaban J connectivity index is 1.65. The molecule has 1 aliphatic carbocycles. The molecule has 0 unspecified atom stereocenters. The Kier molecular flexibility index (Phi) is 3.50. The van der Waals surface area contributed by atoms with E-state index >= 15 is 0 Å². The van der Waals surface area contributed by atoms with Crippen molar-refractivity contribution in [3.63, 3.8) is 0 Å². The summed E-state index contributed by atoms with van der Waals surface area (Å²) in [5.41, 5.74) is 0.851. The second kappa shape index (κ2) is 5.83. The summed E-state index contributed by atoms with van der Waals surface area (Å²) < 4.78 is 14.8. The minimum absolute atomic E-state index is 0.0848. The first-order valence-electron chi connectivity index (χ1n) is 9.24. The lowest BCUT2D eigenvalue weighted by Gasteiger charge is -2.23. The molecule has 0 aromatic carbocycles. The second-order valence-electron chi connectivity index (χ2n) is 7.55. The van der Waals surface area contributed by atoms with Gasteiger partial charge in [-0.3, -0.25) is 9.69 Å². The molecule has 0 N–H and O–H groups in total. The molecule has 3 aromatic heterocycles. The quantitative estimate of drug-likeness (QED) is 0.656.